The van der Waals surface area contributed by atoms with Crippen LogP contribution in [0.1, 0.15) is 11.1 Å². The molecule has 4 heteroatoms. The van der Waals surface area contributed by atoms with Crippen LogP contribution in [-0.4, -0.2) is 11.2 Å². The third-order valence-electron chi connectivity index (χ3n) is 2.69. The van der Waals surface area contributed by atoms with Gasteiger partial charge < -0.3 is 10.5 Å². The van der Waals surface area contributed by atoms with E-state index in [0.29, 0.717) is 11.6 Å². The number of hydrogen-bond acceptors (Lipinski definition) is 3. The van der Waals surface area contributed by atoms with E-state index in [1.165, 1.54) is 0 Å². The first-order valence-corrected chi connectivity index (χ1v) is 7.49. The van der Waals surface area contributed by atoms with E-state index in [4.69, 9.17) is 22.7 Å². The molecule has 0 aromatic heterocycles. The molecule has 0 saturated heterocycles. The van der Waals surface area contributed by atoms with E-state index in [9.17, 15) is 0 Å². The molecule has 98 valence electrons. The summed E-state index contributed by atoms with van der Waals surface area (Å²) < 4.78 is 5.85. The molecule has 0 radical (unpaired) electrons. The Kier molecular flexibility index (Phi) is 4.82. The molecule has 0 spiro atoms. The molecule has 0 heterocycles. The van der Waals surface area contributed by atoms with Gasteiger partial charge in [-0.25, -0.2) is 0 Å². The second-order valence-corrected chi connectivity index (χ2v) is 5.26. The standard InChI is InChI=1S/C15H15NOS2/c1-19-13-9-5-8-12(14(13)15(16)18)17-10-11-6-3-2-4-7-11/h2-9H,10H2,1H3,(H2,16,18). The van der Waals surface area contributed by atoms with Crippen LogP contribution in [0, 0.1) is 0 Å². The van der Waals surface area contributed by atoms with E-state index in [-0.39, 0.29) is 0 Å². The van der Waals surface area contributed by atoms with Gasteiger partial charge in [0.15, 0.2) is 0 Å². The molecule has 0 aliphatic rings. The van der Waals surface area contributed by atoms with Gasteiger partial charge in [0, 0.05) is 4.90 Å². The van der Waals surface area contributed by atoms with Crippen LogP contribution in [0.25, 0.3) is 0 Å². The van der Waals surface area contributed by atoms with Crippen molar-refractivity contribution in [3.8, 4) is 5.75 Å². The molecule has 0 unspecified atom stereocenters. The molecule has 19 heavy (non-hydrogen) atoms. The Labute approximate surface area is 123 Å². The summed E-state index contributed by atoms with van der Waals surface area (Å²) in [6.45, 7) is 0.508. The average molecular weight is 289 g/mol. The molecule has 0 aliphatic heterocycles. The number of ether oxygens (including phenoxy) is 1. The van der Waals surface area contributed by atoms with E-state index in [2.05, 4.69) is 0 Å². The molecule has 2 aromatic carbocycles. The third-order valence-corrected chi connectivity index (χ3v) is 3.68. The van der Waals surface area contributed by atoms with Crippen LogP contribution < -0.4 is 10.5 Å². The Bertz CT molecular complexity index is 570. The molecular formula is C15H15NOS2. The van der Waals surface area contributed by atoms with Crippen molar-refractivity contribution in [1.82, 2.24) is 0 Å². The molecule has 0 atom stereocenters. The molecule has 2 nitrogen and oxygen atoms in total. The van der Waals surface area contributed by atoms with E-state index in [1.807, 2.05) is 54.8 Å². The Hall–Kier alpha value is -1.52. The maximum Gasteiger partial charge on any atom is 0.131 e. The molecule has 0 aliphatic carbocycles. The van der Waals surface area contributed by atoms with Gasteiger partial charge >= 0.3 is 0 Å². The Morgan fingerprint density at radius 3 is 2.53 bits per heavy atom. The quantitative estimate of drug-likeness (QED) is 0.673. The van der Waals surface area contributed by atoms with Crippen LogP contribution in [0.15, 0.2) is 53.4 Å². The first-order chi connectivity index (χ1) is 9.22. The van der Waals surface area contributed by atoms with Crippen LogP contribution in [0.5, 0.6) is 5.75 Å². The lowest BCUT2D eigenvalue weighted by Crippen LogP contribution is -2.13. The highest BCUT2D eigenvalue weighted by Crippen LogP contribution is 2.29. The zero-order chi connectivity index (χ0) is 13.7. The highest BCUT2D eigenvalue weighted by molar-refractivity contribution is 7.98. The average Bonchev–Trinajstić information content (AvgIpc) is 2.45. The predicted octanol–water partition coefficient (Wildman–Crippen LogP) is 3.62. The summed E-state index contributed by atoms with van der Waals surface area (Å²) >= 11 is 6.73. The topological polar surface area (TPSA) is 35.2 Å². The van der Waals surface area contributed by atoms with Crippen molar-refractivity contribution in [1.29, 1.82) is 0 Å². The third kappa shape index (κ3) is 3.49. The largest absolute Gasteiger partial charge is 0.488 e. The van der Waals surface area contributed by atoms with Gasteiger partial charge in [-0.05, 0) is 24.0 Å². The first kappa shape index (κ1) is 13.9. The summed E-state index contributed by atoms with van der Waals surface area (Å²) in [5.74, 6) is 0.739. The maximum atomic E-state index is 5.85. The van der Waals surface area contributed by atoms with Gasteiger partial charge in [-0.2, -0.15) is 0 Å². The minimum atomic E-state index is 0.369. The van der Waals surface area contributed by atoms with Crippen molar-refractivity contribution in [2.24, 2.45) is 5.73 Å². The van der Waals surface area contributed by atoms with Gasteiger partial charge in [-0.3, -0.25) is 0 Å². The molecule has 2 N–H and O–H groups in total. The molecule has 0 bridgehead atoms. The van der Waals surface area contributed by atoms with E-state index < -0.39 is 0 Å². The number of hydrogen-bond donors (Lipinski definition) is 1. The van der Waals surface area contributed by atoms with Crippen molar-refractivity contribution in [2.45, 2.75) is 11.5 Å². The van der Waals surface area contributed by atoms with Crippen molar-refractivity contribution in [3.63, 3.8) is 0 Å². The number of nitrogens with two attached hydrogens (primary N) is 1. The summed E-state index contributed by atoms with van der Waals surface area (Å²) in [6, 6.07) is 15.9. The maximum absolute atomic E-state index is 5.85. The summed E-state index contributed by atoms with van der Waals surface area (Å²) in [7, 11) is 0. The minimum Gasteiger partial charge on any atom is -0.488 e. The predicted molar refractivity (Wildman–Crippen MR) is 84.9 cm³/mol. The highest BCUT2D eigenvalue weighted by Gasteiger charge is 2.11. The van der Waals surface area contributed by atoms with Crippen LogP contribution in [-0.2, 0) is 6.61 Å². The van der Waals surface area contributed by atoms with Crippen molar-refractivity contribution in [2.75, 3.05) is 6.26 Å². The van der Waals surface area contributed by atoms with Crippen LogP contribution >= 0.6 is 24.0 Å². The van der Waals surface area contributed by atoms with Crippen molar-refractivity contribution >= 4 is 29.0 Å². The number of thiocarbonyl (C=S) groups is 1. The van der Waals surface area contributed by atoms with Crippen LogP contribution in [0.2, 0.25) is 0 Å². The summed E-state index contributed by atoms with van der Waals surface area (Å²) in [5.41, 5.74) is 7.73. The second-order valence-electron chi connectivity index (χ2n) is 3.97. The second kappa shape index (κ2) is 6.59. The number of rotatable bonds is 5. The zero-order valence-electron chi connectivity index (χ0n) is 10.6. The van der Waals surface area contributed by atoms with Gasteiger partial charge in [0.1, 0.15) is 17.3 Å². The number of benzene rings is 2. The first-order valence-electron chi connectivity index (χ1n) is 5.86. The lowest BCUT2D eigenvalue weighted by Gasteiger charge is -2.13. The fourth-order valence-corrected chi connectivity index (χ4v) is 2.68. The van der Waals surface area contributed by atoms with Gasteiger partial charge in [0.25, 0.3) is 0 Å². The molecule has 0 saturated carbocycles. The van der Waals surface area contributed by atoms with Crippen molar-refractivity contribution < 1.29 is 4.74 Å². The molecule has 2 aromatic rings. The minimum absolute atomic E-state index is 0.369. The van der Waals surface area contributed by atoms with Gasteiger partial charge in [0.05, 0.1) is 5.56 Å². The van der Waals surface area contributed by atoms with Crippen LogP contribution in [0.4, 0.5) is 0 Å². The summed E-state index contributed by atoms with van der Waals surface area (Å²) in [6.07, 6.45) is 2.00. The van der Waals surface area contributed by atoms with Crippen molar-refractivity contribution in [3.05, 3.63) is 59.7 Å². The van der Waals surface area contributed by atoms with E-state index >= 15 is 0 Å². The van der Waals surface area contributed by atoms with E-state index in [1.54, 1.807) is 11.8 Å². The molecular weight excluding hydrogens is 274 g/mol. The normalized spacial score (nSPS) is 10.2. The molecule has 0 fully saturated rings. The summed E-state index contributed by atoms with van der Waals surface area (Å²) in [5, 5.41) is 0. The smallest absolute Gasteiger partial charge is 0.131 e. The lowest BCUT2D eigenvalue weighted by molar-refractivity contribution is 0.305. The molecule has 0 amide bonds. The van der Waals surface area contributed by atoms with E-state index in [0.717, 1.165) is 21.8 Å². The fourth-order valence-electron chi connectivity index (χ4n) is 1.78. The summed E-state index contributed by atoms with van der Waals surface area (Å²) in [4.78, 5) is 1.41. The highest BCUT2D eigenvalue weighted by atomic mass is 32.2. The molecule has 2 rings (SSSR count). The fraction of sp³-hybridized carbons (Fsp3) is 0.133. The monoisotopic (exact) mass is 289 g/mol. The Balaban J connectivity index is 2.23. The lowest BCUT2D eigenvalue weighted by atomic mass is 10.2. The Morgan fingerprint density at radius 2 is 1.89 bits per heavy atom. The van der Waals surface area contributed by atoms with Crippen LogP contribution in [0.3, 0.4) is 0 Å². The van der Waals surface area contributed by atoms with Gasteiger partial charge in [-0.1, -0.05) is 48.6 Å². The van der Waals surface area contributed by atoms with Gasteiger partial charge in [0.2, 0.25) is 0 Å². The number of thioether (sulfide) groups is 1. The SMILES string of the molecule is CSc1cccc(OCc2ccccc2)c1C(N)=S. The van der Waals surface area contributed by atoms with Gasteiger partial charge in [-0.15, -0.1) is 11.8 Å². The Morgan fingerprint density at radius 1 is 1.16 bits per heavy atom. The zero-order valence-corrected chi connectivity index (χ0v) is 12.3.